The molecular weight excluding hydrogens is 288 g/mol. The van der Waals surface area contributed by atoms with Crippen molar-refractivity contribution in [3.8, 4) is 0 Å². The van der Waals surface area contributed by atoms with Gasteiger partial charge in [0.15, 0.2) is 0 Å². The largest absolute Gasteiger partial charge is 0.393 e. The van der Waals surface area contributed by atoms with Crippen molar-refractivity contribution < 1.29 is 4.79 Å². The van der Waals surface area contributed by atoms with E-state index in [1.165, 1.54) is 11.3 Å². The third-order valence-electron chi connectivity index (χ3n) is 3.56. The van der Waals surface area contributed by atoms with E-state index in [0.717, 1.165) is 12.8 Å². The third kappa shape index (κ3) is 2.53. The zero-order chi connectivity index (χ0) is 13.3. The Morgan fingerprint density at radius 3 is 2.61 bits per heavy atom. The van der Waals surface area contributed by atoms with Gasteiger partial charge in [0.25, 0.3) is 5.91 Å². The lowest BCUT2D eigenvalue weighted by molar-refractivity contribution is 0.0675. The summed E-state index contributed by atoms with van der Waals surface area (Å²) in [6.07, 6.45) is 1.63. The topological polar surface area (TPSA) is 46.3 Å². The fraction of sp³-hybridized carbons (Fsp3) is 0.500. The highest BCUT2D eigenvalue weighted by Gasteiger charge is 2.34. The summed E-state index contributed by atoms with van der Waals surface area (Å²) in [4.78, 5) is 15.2. The van der Waals surface area contributed by atoms with Crippen LogP contribution in [0, 0.1) is 5.41 Å². The third-order valence-corrected chi connectivity index (χ3v) is 5.38. The van der Waals surface area contributed by atoms with Gasteiger partial charge < -0.3 is 10.6 Å². The Hall–Kier alpha value is -0.650. The van der Waals surface area contributed by atoms with Gasteiger partial charge in [0.1, 0.15) is 4.88 Å². The Kier molecular flexibility index (Phi) is 3.94. The van der Waals surface area contributed by atoms with Crippen molar-refractivity contribution in [2.75, 3.05) is 13.1 Å². The van der Waals surface area contributed by atoms with Crippen LogP contribution in [0.5, 0.6) is 0 Å². The summed E-state index contributed by atoms with van der Waals surface area (Å²) >= 11 is 12.5. The van der Waals surface area contributed by atoms with Crippen molar-refractivity contribution in [1.29, 1.82) is 0 Å². The summed E-state index contributed by atoms with van der Waals surface area (Å²) < 4.78 is 0. The summed E-state index contributed by atoms with van der Waals surface area (Å²) in [5, 5.41) is 2.37. The molecule has 0 aromatic carbocycles. The normalized spacial score (nSPS) is 18.7. The maximum absolute atomic E-state index is 12.3. The maximum atomic E-state index is 12.3. The first-order valence-electron chi connectivity index (χ1n) is 5.76. The first kappa shape index (κ1) is 13.8. The van der Waals surface area contributed by atoms with Crippen LogP contribution in [0.1, 0.15) is 29.4 Å². The number of nitrogens with two attached hydrogens (primary N) is 1. The lowest BCUT2D eigenvalue weighted by atomic mass is 9.80. The monoisotopic (exact) mass is 302 g/mol. The Bertz CT molecular complexity index is 478. The predicted molar refractivity (Wildman–Crippen MR) is 79.4 cm³/mol. The Morgan fingerprint density at radius 1 is 1.56 bits per heavy atom. The minimum Gasteiger partial charge on any atom is -0.393 e. The lowest BCUT2D eigenvalue weighted by Gasteiger charge is -2.38. The molecule has 2 N–H and O–H groups in total. The highest BCUT2D eigenvalue weighted by Crippen LogP contribution is 2.33. The standard InChI is InChI=1S/C12H15ClN2OS2/c1-12(11(14)17)3-5-15(6-4-12)10(16)9-8(13)2-7-18-9/h2,7H,3-6H2,1H3,(H2,14,17). The molecule has 2 heterocycles. The average molecular weight is 303 g/mol. The van der Waals surface area contributed by atoms with E-state index in [1.54, 1.807) is 6.07 Å². The van der Waals surface area contributed by atoms with Gasteiger partial charge in [0, 0.05) is 18.5 Å². The summed E-state index contributed by atoms with van der Waals surface area (Å²) in [6.45, 7) is 3.43. The molecule has 98 valence electrons. The van der Waals surface area contributed by atoms with E-state index < -0.39 is 0 Å². The first-order chi connectivity index (χ1) is 8.44. The molecule has 1 aromatic heterocycles. The van der Waals surface area contributed by atoms with Crippen molar-refractivity contribution in [2.24, 2.45) is 11.1 Å². The van der Waals surface area contributed by atoms with E-state index in [9.17, 15) is 4.79 Å². The van der Waals surface area contributed by atoms with Crippen molar-refractivity contribution in [3.63, 3.8) is 0 Å². The van der Waals surface area contributed by atoms with Crippen molar-refractivity contribution in [2.45, 2.75) is 19.8 Å². The summed E-state index contributed by atoms with van der Waals surface area (Å²) in [5.74, 6) is 0.0139. The molecule has 1 aromatic rings. The molecule has 1 aliphatic rings. The number of rotatable bonds is 2. The predicted octanol–water partition coefficient (Wildman–Crippen LogP) is 2.93. The molecule has 0 bridgehead atoms. The molecule has 2 rings (SSSR count). The highest BCUT2D eigenvalue weighted by atomic mass is 35.5. The second-order valence-electron chi connectivity index (χ2n) is 4.81. The van der Waals surface area contributed by atoms with Crippen LogP contribution in [-0.2, 0) is 0 Å². The minimum atomic E-state index is -0.120. The number of hydrogen-bond donors (Lipinski definition) is 1. The van der Waals surface area contributed by atoms with Gasteiger partial charge in [-0.2, -0.15) is 0 Å². The molecule has 0 aliphatic carbocycles. The molecule has 0 unspecified atom stereocenters. The second-order valence-corrected chi connectivity index (χ2v) is 6.58. The van der Waals surface area contributed by atoms with Gasteiger partial charge in [0.2, 0.25) is 0 Å². The molecule has 1 fully saturated rings. The van der Waals surface area contributed by atoms with Gasteiger partial charge in [-0.25, -0.2) is 0 Å². The summed E-state index contributed by atoms with van der Waals surface area (Å²) in [5.41, 5.74) is 5.63. The number of carbonyl (C=O) groups is 1. The maximum Gasteiger partial charge on any atom is 0.265 e. The lowest BCUT2D eigenvalue weighted by Crippen LogP contribution is -2.46. The fourth-order valence-corrected chi connectivity index (χ4v) is 3.35. The van der Waals surface area contributed by atoms with E-state index in [0.29, 0.717) is 28.0 Å². The molecule has 0 spiro atoms. The Morgan fingerprint density at radius 2 is 2.17 bits per heavy atom. The van der Waals surface area contributed by atoms with E-state index in [1.807, 2.05) is 10.3 Å². The number of thiocarbonyl (C=S) groups is 1. The average Bonchev–Trinajstić information content (AvgIpc) is 2.75. The highest BCUT2D eigenvalue weighted by molar-refractivity contribution is 7.80. The second kappa shape index (κ2) is 5.15. The number of amides is 1. The fourth-order valence-electron chi connectivity index (χ4n) is 2.04. The van der Waals surface area contributed by atoms with Crippen LogP contribution in [0.3, 0.4) is 0 Å². The van der Waals surface area contributed by atoms with Crippen LogP contribution in [0.2, 0.25) is 5.02 Å². The Balaban J connectivity index is 2.05. The smallest absolute Gasteiger partial charge is 0.265 e. The van der Waals surface area contributed by atoms with Crippen LogP contribution in [0.25, 0.3) is 0 Å². The molecule has 0 radical (unpaired) electrons. The minimum absolute atomic E-state index is 0.0139. The van der Waals surface area contributed by atoms with E-state index >= 15 is 0 Å². The Labute approximate surface area is 121 Å². The van der Waals surface area contributed by atoms with Gasteiger partial charge in [0.05, 0.1) is 10.0 Å². The SMILES string of the molecule is CC1(C(N)=S)CCN(C(=O)c2sccc2Cl)CC1. The van der Waals surface area contributed by atoms with Gasteiger partial charge in [-0.05, 0) is 24.3 Å². The van der Waals surface area contributed by atoms with Gasteiger partial charge >= 0.3 is 0 Å². The van der Waals surface area contributed by atoms with Crippen LogP contribution < -0.4 is 5.73 Å². The molecular formula is C12H15ClN2OS2. The van der Waals surface area contributed by atoms with Crippen LogP contribution in [0.15, 0.2) is 11.4 Å². The van der Waals surface area contributed by atoms with Gasteiger partial charge in [-0.3, -0.25) is 4.79 Å². The zero-order valence-electron chi connectivity index (χ0n) is 10.1. The van der Waals surface area contributed by atoms with Crippen LogP contribution >= 0.6 is 35.2 Å². The number of halogens is 1. The van der Waals surface area contributed by atoms with Gasteiger partial charge in [-0.15, -0.1) is 11.3 Å². The summed E-state index contributed by atoms with van der Waals surface area (Å²) in [6, 6.07) is 1.75. The van der Waals surface area contributed by atoms with Crippen LogP contribution in [-0.4, -0.2) is 28.9 Å². The molecule has 3 nitrogen and oxygen atoms in total. The zero-order valence-corrected chi connectivity index (χ0v) is 12.5. The number of hydrogen-bond acceptors (Lipinski definition) is 3. The van der Waals surface area contributed by atoms with Crippen molar-refractivity contribution in [1.82, 2.24) is 4.90 Å². The van der Waals surface area contributed by atoms with E-state index in [4.69, 9.17) is 29.6 Å². The molecule has 1 amide bonds. The molecule has 0 saturated carbocycles. The van der Waals surface area contributed by atoms with E-state index in [-0.39, 0.29) is 11.3 Å². The molecule has 6 heteroatoms. The number of thiophene rings is 1. The van der Waals surface area contributed by atoms with Crippen molar-refractivity contribution >= 4 is 46.1 Å². The number of piperidine rings is 1. The summed E-state index contributed by atoms with van der Waals surface area (Å²) in [7, 11) is 0. The quantitative estimate of drug-likeness (QED) is 0.855. The van der Waals surface area contributed by atoms with Crippen molar-refractivity contribution in [3.05, 3.63) is 21.3 Å². The molecule has 18 heavy (non-hydrogen) atoms. The molecule has 1 aliphatic heterocycles. The van der Waals surface area contributed by atoms with Crippen LogP contribution in [0.4, 0.5) is 0 Å². The molecule has 0 atom stereocenters. The van der Waals surface area contributed by atoms with E-state index in [2.05, 4.69) is 6.92 Å². The number of carbonyl (C=O) groups excluding carboxylic acids is 1. The number of likely N-dealkylation sites (tertiary alicyclic amines) is 1. The number of nitrogens with zero attached hydrogens (tertiary/aromatic N) is 1. The first-order valence-corrected chi connectivity index (χ1v) is 7.43. The molecule has 1 saturated heterocycles. The van der Waals surface area contributed by atoms with Gasteiger partial charge in [-0.1, -0.05) is 30.7 Å².